The van der Waals surface area contributed by atoms with Gasteiger partial charge in [0.15, 0.2) is 7.28 Å². The largest absolute Gasteiger partial charge is 0.481 e. The summed E-state index contributed by atoms with van der Waals surface area (Å²) in [6, 6.07) is 0. The summed E-state index contributed by atoms with van der Waals surface area (Å²) in [4.78, 5) is 13.4. The molecule has 0 aromatic rings. The first kappa shape index (κ1) is 7.76. The molecule has 0 aliphatic carbocycles. The number of aliphatic carboxylic acids is 1. The molecule has 0 saturated heterocycles. The monoisotopic (exact) mass is 150 g/mol. The summed E-state index contributed by atoms with van der Waals surface area (Å²) in [6.45, 7) is 0. The maximum Gasteiger partial charge on any atom is 0.310 e. The fourth-order valence-corrected chi connectivity index (χ4v) is 1.07. The quantitative estimate of drug-likeness (QED) is 0.321. The van der Waals surface area contributed by atoms with E-state index < -0.39 is 11.8 Å². The lowest BCUT2D eigenvalue weighted by Crippen LogP contribution is -2.25. The molecule has 1 heterocycles. The molecule has 5 heteroatoms. The number of allylic oxidation sites excluding steroid dienone is 1. The van der Waals surface area contributed by atoms with Gasteiger partial charge >= 0.3 is 5.97 Å². The van der Waals surface area contributed by atoms with Gasteiger partial charge in [-0.1, -0.05) is 6.08 Å². The van der Waals surface area contributed by atoms with Crippen LogP contribution >= 0.6 is 0 Å². The van der Waals surface area contributed by atoms with Crippen LogP contribution < -0.4 is 0 Å². The first-order valence-corrected chi connectivity index (χ1v) is 3.34. The Hall–Kier alpha value is -1.35. The van der Waals surface area contributed by atoms with Gasteiger partial charge in [-0.15, -0.1) is 5.98 Å². The number of hydrogen-bond donors (Lipinski definition) is 1. The van der Waals surface area contributed by atoms with E-state index in [1.165, 1.54) is 0 Å². The summed E-state index contributed by atoms with van der Waals surface area (Å²) in [7, 11) is 0.425. The van der Waals surface area contributed by atoms with Crippen LogP contribution in [0, 0.1) is 0 Å². The molecule has 56 valence electrons. The molecule has 0 amide bonds. The summed E-state index contributed by atoms with van der Waals surface area (Å²) < 4.78 is 0. The molecular formula is C6H7BN2O2. The van der Waals surface area contributed by atoms with Crippen LogP contribution in [0.5, 0.6) is 0 Å². The summed E-state index contributed by atoms with van der Waals surface area (Å²) in [5.74, 6) is 0.222. The smallest absolute Gasteiger partial charge is 0.310 e. The van der Waals surface area contributed by atoms with Crippen LogP contribution in [0.2, 0.25) is 5.82 Å². The lowest BCUT2D eigenvalue weighted by molar-refractivity contribution is -0.136. The summed E-state index contributed by atoms with van der Waals surface area (Å²) in [5.41, 5.74) is 8.73. The van der Waals surface area contributed by atoms with E-state index in [1.807, 2.05) is 0 Å². The fourth-order valence-electron chi connectivity index (χ4n) is 1.07. The van der Waals surface area contributed by atoms with Gasteiger partial charge in [-0.05, 0) is 0 Å². The van der Waals surface area contributed by atoms with E-state index in [4.69, 9.17) is 10.6 Å². The molecule has 1 N–H and O–H groups in total. The van der Waals surface area contributed by atoms with Crippen molar-refractivity contribution in [1.82, 2.24) is 0 Å². The Morgan fingerprint density at radius 1 is 1.91 bits per heavy atom. The second kappa shape index (κ2) is 3.17. The highest BCUT2D eigenvalue weighted by Gasteiger charge is 2.31. The number of rotatable bonds is 1. The minimum absolute atomic E-state index is 0.333. The van der Waals surface area contributed by atoms with E-state index in [9.17, 15) is 4.79 Å². The third-order valence-electron chi connectivity index (χ3n) is 1.69. The highest BCUT2D eigenvalue weighted by molar-refractivity contribution is 6.56. The number of carbonyl (C=O) groups is 1. The van der Waals surface area contributed by atoms with Crippen molar-refractivity contribution in [3.63, 3.8) is 0 Å². The lowest BCUT2D eigenvalue weighted by Gasteiger charge is -2.05. The molecule has 11 heavy (non-hydrogen) atoms. The van der Waals surface area contributed by atoms with E-state index >= 15 is 0 Å². The van der Waals surface area contributed by atoms with Gasteiger partial charge in [-0.25, -0.2) is 0 Å². The molecule has 0 aromatic carbocycles. The van der Waals surface area contributed by atoms with Gasteiger partial charge in [0.25, 0.3) is 5.71 Å². The molecule has 1 aliphatic rings. The molecule has 1 rings (SSSR count). The third kappa shape index (κ3) is 1.56. The van der Waals surface area contributed by atoms with Crippen LogP contribution in [0.4, 0.5) is 0 Å². The van der Waals surface area contributed by atoms with Gasteiger partial charge in [0.2, 0.25) is 0 Å². The summed E-state index contributed by atoms with van der Waals surface area (Å²) in [6.07, 6.45) is 2.24. The topological polar surface area (TPSA) is 73.7 Å². The molecule has 0 bridgehead atoms. The van der Waals surface area contributed by atoms with E-state index in [0.717, 1.165) is 0 Å². The molecule has 1 atom stereocenters. The zero-order valence-corrected chi connectivity index (χ0v) is 5.90. The van der Waals surface area contributed by atoms with E-state index in [0.29, 0.717) is 19.4 Å². The van der Waals surface area contributed by atoms with Gasteiger partial charge in [0, 0.05) is 0 Å². The average Bonchev–Trinajstić information content (AvgIpc) is 2.04. The van der Waals surface area contributed by atoms with Gasteiger partial charge in [0.1, 0.15) is 5.82 Å². The van der Waals surface area contributed by atoms with Crippen molar-refractivity contribution in [2.24, 2.45) is 0 Å². The SMILES string of the molecule is [N-]=[N+]=C1CC=CBC1C(=O)O. The summed E-state index contributed by atoms with van der Waals surface area (Å²) in [5, 5.41) is 8.61. The van der Waals surface area contributed by atoms with Crippen LogP contribution in [-0.4, -0.2) is 28.9 Å². The molecule has 4 nitrogen and oxygen atoms in total. The molecule has 1 aliphatic heterocycles. The molecule has 0 aromatic heterocycles. The van der Waals surface area contributed by atoms with E-state index in [1.54, 1.807) is 12.1 Å². The fraction of sp³-hybridized carbons (Fsp3) is 0.333. The average molecular weight is 150 g/mol. The van der Waals surface area contributed by atoms with Crippen molar-refractivity contribution < 1.29 is 14.7 Å². The molecule has 0 saturated carbocycles. The Morgan fingerprint density at radius 2 is 2.64 bits per heavy atom. The normalized spacial score (nSPS) is 22.2. The van der Waals surface area contributed by atoms with Crippen molar-refractivity contribution in [1.29, 1.82) is 0 Å². The van der Waals surface area contributed by atoms with Crippen LogP contribution in [0.25, 0.3) is 5.53 Å². The van der Waals surface area contributed by atoms with Crippen LogP contribution in [-0.2, 0) is 4.79 Å². The van der Waals surface area contributed by atoms with Crippen molar-refractivity contribution in [2.75, 3.05) is 0 Å². The van der Waals surface area contributed by atoms with Gasteiger partial charge in [-0.2, -0.15) is 4.79 Å². The Labute approximate surface area is 64.4 Å². The van der Waals surface area contributed by atoms with Crippen molar-refractivity contribution in [3.8, 4) is 0 Å². The van der Waals surface area contributed by atoms with Crippen LogP contribution in [0.3, 0.4) is 0 Å². The summed E-state index contributed by atoms with van der Waals surface area (Å²) >= 11 is 0. The van der Waals surface area contributed by atoms with Crippen LogP contribution in [0.15, 0.2) is 12.1 Å². The first-order valence-electron chi connectivity index (χ1n) is 3.34. The zero-order chi connectivity index (χ0) is 8.27. The molecule has 0 fully saturated rings. The number of carboxylic acids is 1. The maximum atomic E-state index is 10.5. The first-order chi connectivity index (χ1) is 5.25. The minimum atomic E-state index is -0.929. The van der Waals surface area contributed by atoms with Crippen LogP contribution in [0.1, 0.15) is 6.42 Å². The Bertz CT molecular complexity index is 255. The Kier molecular flexibility index (Phi) is 2.23. The van der Waals surface area contributed by atoms with E-state index in [2.05, 4.69) is 4.79 Å². The second-order valence-electron chi connectivity index (χ2n) is 2.39. The second-order valence-corrected chi connectivity index (χ2v) is 2.39. The van der Waals surface area contributed by atoms with Crippen molar-refractivity contribution in [2.45, 2.75) is 12.2 Å². The highest BCUT2D eigenvalue weighted by Crippen LogP contribution is 2.13. The number of carboxylic acid groups (broad SMARTS) is 1. The van der Waals surface area contributed by atoms with Crippen molar-refractivity contribution in [3.05, 3.63) is 17.6 Å². The zero-order valence-electron chi connectivity index (χ0n) is 5.90. The highest BCUT2D eigenvalue weighted by atomic mass is 16.4. The Balaban J connectivity index is 2.86. The molecule has 0 spiro atoms. The Morgan fingerprint density at radius 3 is 3.09 bits per heavy atom. The minimum Gasteiger partial charge on any atom is -0.481 e. The van der Waals surface area contributed by atoms with Gasteiger partial charge in [-0.3, -0.25) is 4.79 Å². The maximum absolute atomic E-state index is 10.5. The predicted molar refractivity (Wildman–Crippen MR) is 40.9 cm³/mol. The van der Waals surface area contributed by atoms with Gasteiger partial charge in [0.05, 0.1) is 6.42 Å². The molecule has 0 radical (unpaired) electrons. The molecular weight excluding hydrogens is 143 g/mol. The number of hydrogen-bond acceptors (Lipinski definition) is 1. The molecule has 1 unspecified atom stereocenters. The predicted octanol–water partition coefficient (Wildman–Crippen LogP) is -0.116. The number of nitrogens with zero attached hydrogens (tertiary/aromatic N) is 2. The standard InChI is InChI=1S/C6H7BN2O2/c8-9-4-2-1-3-7-5(4)6(10)11/h1,3,5,7H,2H2,(H,10,11). The van der Waals surface area contributed by atoms with Gasteiger partial charge < -0.3 is 10.6 Å². The van der Waals surface area contributed by atoms with E-state index in [-0.39, 0.29) is 0 Å². The lowest BCUT2D eigenvalue weighted by atomic mass is 9.59. The third-order valence-corrected chi connectivity index (χ3v) is 1.69. The van der Waals surface area contributed by atoms with Crippen molar-refractivity contribution >= 4 is 19.0 Å².